The third-order valence-corrected chi connectivity index (χ3v) is 7.32. The lowest BCUT2D eigenvalue weighted by molar-refractivity contribution is 0.0931. The van der Waals surface area contributed by atoms with E-state index in [1.165, 1.54) is 16.6 Å². The van der Waals surface area contributed by atoms with Crippen molar-refractivity contribution in [1.82, 2.24) is 23.7 Å². The Labute approximate surface area is 176 Å². The molecule has 0 bridgehead atoms. The maximum atomic E-state index is 12.8. The number of sulfonamides is 1. The van der Waals surface area contributed by atoms with Gasteiger partial charge in [-0.3, -0.25) is 4.79 Å². The summed E-state index contributed by atoms with van der Waals surface area (Å²) in [7, 11) is -1.87. The number of carbonyl (C=O) groups excluding carboxylic acids is 1. The Morgan fingerprint density at radius 2 is 1.87 bits per heavy atom. The third-order valence-electron chi connectivity index (χ3n) is 5.46. The summed E-state index contributed by atoms with van der Waals surface area (Å²) >= 11 is 0. The van der Waals surface area contributed by atoms with Crippen molar-refractivity contribution in [3.63, 3.8) is 0 Å². The minimum atomic E-state index is -3.56. The molecule has 0 saturated carbocycles. The second kappa shape index (κ2) is 8.08. The van der Waals surface area contributed by atoms with Crippen LogP contribution in [0.1, 0.15) is 41.9 Å². The maximum Gasteiger partial charge on any atom is 0.268 e. The number of amides is 1. The first-order valence-corrected chi connectivity index (χ1v) is 11.4. The molecule has 1 amide bonds. The summed E-state index contributed by atoms with van der Waals surface area (Å²) in [6.45, 7) is 2.96. The third kappa shape index (κ3) is 3.90. The summed E-state index contributed by atoms with van der Waals surface area (Å²) in [5, 5.41) is 2.95. The predicted molar refractivity (Wildman–Crippen MR) is 113 cm³/mol. The highest BCUT2D eigenvalue weighted by Gasteiger charge is 2.29. The van der Waals surface area contributed by atoms with Gasteiger partial charge >= 0.3 is 0 Å². The molecule has 8 nitrogen and oxygen atoms in total. The highest BCUT2D eigenvalue weighted by Crippen LogP contribution is 2.23. The van der Waals surface area contributed by atoms with Crippen molar-refractivity contribution < 1.29 is 13.2 Å². The molecule has 1 aliphatic rings. The number of carbonyl (C=O) groups is 1. The number of benzene rings is 1. The van der Waals surface area contributed by atoms with Crippen molar-refractivity contribution in [2.45, 2.75) is 30.7 Å². The number of rotatable bonds is 6. The molecule has 3 aromatic rings. The van der Waals surface area contributed by atoms with Gasteiger partial charge in [0.2, 0.25) is 10.0 Å². The van der Waals surface area contributed by atoms with Crippen molar-refractivity contribution in [2.75, 3.05) is 13.1 Å². The fraction of sp³-hybridized carbons (Fsp3) is 0.333. The van der Waals surface area contributed by atoms with Crippen LogP contribution < -0.4 is 5.32 Å². The Kier molecular flexibility index (Phi) is 5.48. The number of nitrogens with zero attached hydrogens (tertiary/aromatic N) is 4. The number of hydrogen-bond acceptors (Lipinski definition) is 4. The minimum absolute atomic E-state index is 0.161. The van der Waals surface area contributed by atoms with Crippen LogP contribution in [0.3, 0.4) is 0 Å². The fourth-order valence-electron chi connectivity index (χ4n) is 3.68. The molecule has 4 rings (SSSR count). The van der Waals surface area contributed by atoms with Crippen molar-refractivity contribution in [3.05, 3.63) is 66.5 Å². The molecule has 1 saturated heterocycles. The van der Waals surface area contributed by atoms with Crippen LogP contribution in [0.4, 0.5) is 0 Å². The van der Waals surface area contributed by atoms with Gasteiger partial charge in [0.25, 0.3) is 5.91 Å². The molecule has 9 heteroatoms. The standard InChI is InChI=1S/C21H25N5O3S/c1-16(17-5-7-18(8-6-17)25-12-9-22-15-25)23-21(27)20-13-19(14-24(20)2)30(28,29)26-10-3-4-11-26/h5-9,12-16H,3-4,10-11H2,1-2H3,(H,23,27). The van der Waals surface area contributed by atoms with Gasteiger partial charge in [-0.1, -0.05) is 12.1 Å². The van der Waals surface area contributed by atoms with E-state index in [2.05, 4.69) is 10.3 Å². The zero-order chi connectivity index (χ0) is 21.3. The lowest BCUT2D eigenvalue weighted by atomic mass is 10.1. The monoisotopic (exact) mass is 427 g/mol. The average Bonchev–Trinajstić information content (AvgIpc) is 3.49. The molecule has 158 valence electrons. The molecular formula is C21H25N5O3S. The normalized spacial score (nSPS) is 15.9. The van der Waals surface area contributed by atoms with Gasteiger partial charge in [-0.05, 0) is 43.5 Å². The molecule has 0 spiro atoms. The largest absolute Gasteiger partial charge is 0.345 e. The van der Waals surface area contributed by atoms with Crippen molar-refractivity contribution in [2.24, 2.45) is 7.05 Å². The summed E-state index contributed by atoms with van der Waals surface area (Å²) < 4.78 is 30.5. The molecule has 1 aromatic carbocycles. The zero-order valence-corrected chi connectivity index (χ0v) is 17.8. The first-order chi connectivity index (χ1) is 14.4. The molecule has 1 aliphatic heterocycles. The Morgan fingerprint density at radius 3 is 2.50 bits per heavy atom. The van der Waals surface area contributed by atoms with Gasteiger partial charge in [0, 0.05) is 44.4 Å². The minimum Gasteiger partial charge on any atom is -0.345 e. The van der Waals surface area contributed by atoms with Gasteiger partial charge in [-0.25, -0.2) is 13.4 Å². The van der Waals surface area contributed by atoms with Crippen LogP contribution in [0.2, 0.25) is 0 Å². The van der Waals surface area contributed by atoms with Crippen LogP contribution in [0.25, 0.3) is 5.69 Å². The van der Waals surface area contributed by atoms with Gasteiger partial charge in [-0.15, -0.1) is 0 Å². The number of hydrogen-bond donors (Lipinski definition) is 1. The summed E-state index contributed by atoms with van der Waals surface area (Å²) in [6.07, 6.45) is 8.56. The first-order valence-electron chi connectivity index (χ1n) is 9.92. The van der Waals surface area contributed by atoms with Crippen LogP contribution in [-0.4, -0.2) is 45.8 Å². The van der Waals surface area contributed by atoms with Crippen molar-refractivity contribution in [3.8, 4) is 5.69 Å². The van der Waals surface area contributed by atoms with Crippen LogP contribution >= 0.6 is 0 Å². The molecule has 1 unspecified atom stereocenters. The lowest BCUT2D eigenvalue weighted by Crippen LogP contribution is -2.28. The van der Waals surface area contributed by atoms with Gasteiger partial charge < -0.3 is 14.5 Å². The Bertz CT molecular complexity index is 1130. The summed E-state index contributed by atoms with van der Waals surface area (Å²) in [5.41, 5.74) is 2.25. The zero-order valence-electron chi connectivity index (χ0n) is 17.0. The van der Waals surface area contributed by atoms with E-state index in [0.29, 0.717) is 18.8 Å². The van der Waals surface area contributed by atoms with Crippen molar-refractivity contribution >= 4 is 15.9 Å². The van der Waals surface area contributed by atoms with Crippen LogP contribution in [0, 0.1) is 0 Å². The second-order valence-corrected chi connectivity index (χ2v) is 9.48. The van der Waals surface area contributed by atoms with E-state index in [9.17, 15) is 13.2 Å². The second-order valence-electron chi connectivity index (χ2n) is 7.54. The van der Waals surface area contributed by atoms with Crippen LogP contribution in [0.5, 0.6) is 0 Å². The van der Waals surface area contributed by atoms with E-state index in [0.717, 1.165) is 24.1 Å². The quantitative estimate of drug-likeness (QED) is 0.655. The van der Waals surface area contributed by atoms with Gasteiger partial charge in [0.15, 0.2) is 0 Å². The highest BCUT2D eigenvalue weighted by molar-refractivity contribution is 7.89. The number of aromatic nitrogens is 3. The highest BCUT2D eigenvalue weighted by atomic mass is 32.2. The Morgan fingerprint density at radius 1 is 1.17 bits per heavy atom. The van der Waals surface area contributed by atoms with Gasteiger partial charge in [0.05, 0.1) is 12.4 Å². The maximum absolute atomic E-state index is 12.8. The smallest absolute Gasteiger partial charge is 0.268 e. The summed E-state index contributed by atoms with van der Waals surface area (Å²) in [4.78, 5) is 17.0. The Balaban J connectivity index is 1.48. The van der Waals surface area contributed by atoms with E-state index in [1.54, 1.807) is 24.1 Å². The summed E-state index contributed by atoms with van der Waals surface area (Å²) in [5.74, 6) is -0.313. The number of imidazole rings is 1. The van der Waals surface area contributed by atoms with Crippen LogP contribution in [0.15, 0.2) is 60.1 Å². The number of aryl methyl sites for hydroxylation is 1. The first kappa shape index (κ1) is 20.4. The van der Waals surface area contributed by atoms with Crippen molar-refractivity contribution in [1.29, 1.82) is 0 Å². The molecular weight excluding hydrogens is 402 g/mol. The van der Waals surface area contributed by atoms with Crippen LogP contribution in [-0.2, 0) is 17.1 Å². The topological polar surface area (TPSA) is 89.2 Å². The molecule has 2 aromatic heterocycles. The van der Waals surface area contributed by atoms with E-state index in [4.69, 9.17) is 0 Å². The molecule has 1 atom stereocenters. The Hall–Kier alpha value is -2.91. The molecule has 0 radical (unpaired) electrons. The fourth-order valence-corrected chi connectivity index (χ4v) is 5.27. The molecule has 1 fully saturated rings. The predicted octanol–water partition coefficient (Wildman–Crippen LogP) is 2.49. The molecule has 3 heterocycles. The van der Waals surface area contributed by atoms with E-state index in [-0.39, 0.29) is 16.8 Å². The molecule has 0 aliphatic carbocycles. The van der Waals surface area contributed by atoms with E-state index < -0.39 is 10.0 Å². The van der Waals surface area contributed by atoms with E-state index >= 15 is 0 Å². The average molecular weight is 428 g/mol. The van der Waals surface area contributed by atoms with Gasteiger partial charge in [-0.2, -0.15) is 4.31 Å². The molecule has 1 N–H and O–H groups in total. The number of nitrogens with one attached hydrogen (secondary N) is 1. The van der Waals surface area contributed by atoms with Gasteiger partial charge in [0.1, 0.15) is 10.6 Å². The van der Waals surface area contributed by atoms with E-state index in [1.807, 2.05) is 42.0 Å². The SMILES string of the molecule is CC(NC(=O)c1cc(S(=O)(=O)N2CCCC2)cn1C)c1ccc(-n2ccnc2)cc1. The molecule has 30 heavy (non-hydrogen) atoms. The summed E-state index contributed by atoms with van der Waals surface area (Å²) in [6, 6.07) is 9.05. The lowest BCUT2D eigenvalue weighted by Gasteiger charge is -2.15.